The molecule has 0 spiro atoms. The molecule has 0 radical (unpaired) electrons. The predicted octanol–water partition coefficient (Wildman–Crippen LogP) is 3.64. The molecule has 1 N–H and O–H groups in total. The van der Waals surface area contributed by atoms with Crippen LogP contribution in [-0.4, -0.2) is 21.0 Å². The van der Waals surface area contributed by atoms with Crippen molar-refractivity contribution in [1.29, 1.82) is 0 Å². The minimum atomic E-state index is -1.19. The molecule has 0 aliphatic heterocycles. The van der Waals surface area contributed by atoms with E-state index in [0.717, 1.165) is 11.1 Å². The number of carbonyl (C=O) groups is 1. The molecule has 0 saturated heterocycles. The van der Waals surface area contributed by atoms with Gasteiger partial charge in [-0.2, -0.15) is 4.98 Å². The van der Waals surface area contributed by atoms with Gasteiger partial charge in [0.15, 0.2) is 5.69 Å². The summed E-state index contributed by atoms with van der Waals surface area (Å²) < 4.78 is 11.5. The highest BCUT2D eigenvalue weighted by molar-refractivity contribution is 5.89. The summed E-state index contributed by atoms with van der Waals surface area (Å²) >= 11 is 0. The molecule has 3 rings (SSSR count). The Morgan fingerprint density at radius 3 is 1.96 bits per heavy atom. The van der Waals surface area contributed by atoms with Crippen LogP contribution in [0, 0.1) is 6.92 Å². The molecule has 132 valence electrons. The summed E-state index contributed by atoms with van der Waals surface area (Å²) in [5.41, 5.74) is 1.63. The highest BCUT2D eigenvalue weighted by Gasteiger charge is 2.22. The minimum Gasteiger partial charge on any atom is -0.481 e. The summed E-state index contributed by atoms with van der Waals surface area (Å²) in [6.45, 7) is 2.05. The van der Waals surface area contributed by atoms with Crippen molar-refractivity contribution in [1.82, 2.24) is 9.97 Å². The van der Waals surface area contributed by atoms with Crippen LogP contribution < -0.4 is 9.47 Å². The second kappa shape index (κ2) is 8.11. The van der Waals surface area contributed by atoms with Gasteiger partial charge >= 0.3 is 5.97 Å². The highest BCUT2D eigenvalue weighted by Crippen LogP contribution is 2.30. The number of rotatable bonds is 7. The van der Waals surface area contributed by atoms with Gasteiger partial charge in [0, 0.05) is 0 Å². The molecule has 6 heteroatoms. The van der Waals surface area contributed by atoms with Crippen LogP contribution in [0.25, 0.3) is 0 Å². The van der Waals surface area contributed by atoms with Crippen molar-refractivity contribution in [2.24, 2.45) is 0 Å². The van der Waals surface area contributed by atoms with E-state index in [2.05, 4.69) is 9.97 Å². The Labute approximate surface area is 151 Å². The largest absolute Gasteiger partial charge is 0.481 e. The summed E-state index contributed by atoms with van der Waals surface area (Å²) in [6, 6.07) is 19.0. The van der Waals surface area contributed by atoms with Gasteiger partial charge in [-0.05, 0) is 18.1 Å². The van der Waals surface area contributed by atoms with Crippen LogP contribution in [0.1, 0.15) is 27.4 Å². The highest BCUT2D eigenvalue weighted by atomic mass is 16.5. The number of carboxylic acid groups (broad SMARTS) is 1. The van der Waals surface area contributed by atoms with E-state index in [1.54, 1.807) is 6.92 Å². The minimum absolute atomic E-state index is 0.0304. The summed E-state index contributed by atoms with van der Waals surface area (Å²) in [5.74, 6) is -0.738. The van der Waals surface area contributed by atoms with Gasteiger partial charge in [0.1, 0.15) is 19.0 Å². The van der Waals surface area contributed by atoms with Crippen molar-refractivity contribution in [3.8, 4) is 11.6 Å². The molecule has 0 amide bonds. The quantitative estimate of drug-likeness (QED) is 0.700. The summed E-state index contributed by atoms with van der Waals surface area (Å²) in [5, 5.41) is 9.47. The number of nitrogens with zero attached hydrogens (tertiary/aromatic N) is 2. The van der Waals surface area contributed by atoms with Gasteiger partial charge in [0.05, 0.1) is 0 Å². The first-order valence-electron chi connectivity index (χ1n) is 8.09. The predicted molar refractivity (Wildman–Crippen MR) is 95.3 cm³/mol. The fraction of sp³-hybridized carbons (Fsp3) is 0.150. The van der Waals surface area contributed by atoms with Crippen LogP contribution in [-0.2, 0) is 13.2 Å². The van der Waals surface area contributed by atoms with Crippen LogP contribution in [0.3, 0.4) is 0 Å². The van der Waals surface area contributed by atoms with Crippen LogP contribution in [0.5, 0.6) is 11.6 Å². The van der Waals surface area contributed by atoms with E-state index in [-0.39, 0.29) is 30.5 Å². The molecule has 0 fully saturated rings. The molecule has 2 aromatic carbocycles. The van der Waals surface area contributed by atoms with Gasteiger partial charge < -0.3 is 14.6 Å². The first kappa shape index (κ1) is 17.4. The van der Waals surface area contributed by atoms with E-state index < -0.39 is 5.97 Å². The third-order valence-electron chi connectivity index (χ3n) is 3.59. The number of ether oxygens (including phenoxy) is 2. The molecular formula is C20H18N2O4. The SMILES string of the molecule is Cc1nc(OCc2ccccc2)c(OCc2ccccc2)c(C(=O)O)n1. The number of aromatic nitrogens is 2. The van der Waals surface area contributed by atoms with Gasteiger partial charge in [0.2, 0.25) is 5.75 Å². The molecule has 0 aliphatic carbocycles. The van der Waals surface area contributed by atoms with Crippen LogP contribution in [0.2, 0.25) is 0 Å². The van der Waals surface area contributed by atoms with Gasteiger partial charge in [-0.1, -0.05) is 60.7 Å². The molecule has 0 atom stereocenters. The first-order valence-corrected chi connectivity index (χ1v) is 8.09. The Bertz CT molecular complexity index is 883. The summed E-state index contributed by atoms with van der Waals surface area (Å²) in [4.78, 5) is 19.8. The van der Waals surface area contributed by atoms with Gasteiger partial charge in [-0.25, -0.2) is 9.78 Å². The zero-order valence-corrected chi connectivity index (χ0v) is 14.3. The number of benzene rings is 2. The lowest BCUT2D eigenvalue weighted by Gasteiger charge is -2.14. The maximum atomic E-state index is 11.6. The maximum absolute atomic E-state index is 11.6. The van der Waals surface area contributed by atoms with Crippen molar-refractivity contribution in [3.05, 3.63) is 83.3 Å². The molecule has 0 unspecified atom stereocenters. The van der Waals surface area contributed by atoms with Crippen LogP contribution >= 0.6 is 0 Å². The van der Waals surface area contributed by atoms with Gasteiger partial charge in [-0.3, -0.25) is 0 Å². The van der Waals surface area contributed by atoms with E-state index in [1.807, 2.05) is 60.7 Å². The molecule has 3 aromatic rings. The molecule has 0 bridgehead atoms. The van der Waals surface area contributed by atoms with Crippen molar-refractivity contribution >= 4 is 5.97 Å². The monoisotopic (exact) mass is 350 g/mol. The van der Waals surface area contributed by atoms with E-state index >= 15 is 0 Å². The van der Waals surface area contributed by atoms with E-state index in [1.165, 1.54) is 0 Å². The molecule has 6 nitrogen and oxygen atoms in total. The second-order valence-electron chi connectivity index (χ2n) is 5.61. The zero-order valence-electron chi connectivity index (χ0n) is 14.3. The molecular weight excluding hydrogens is 332 g/mol. The normalized spacial score (nSPS) is 10.3. The molecule has 1 heterocycles. The number of carboxylic acids is 1. The Hall–Kier alpha value is -3.41. The zero-order chi connectivity index (χ0) is 18.4. The van der Waals surface area contributed by atoms with E-state index in [9.17, 15) is 9.90 Å². The average Bonchev–Trinajstić information content (AvgIpc) is 2.66. The van der Waals surface area contributed by atoms with Crippen LogP contribution in [0.4, 0.5) is 0 Å². The number of hydrogen-bond acceptors (Lipinski definition) is 5. The topological polar surface area (TPSA) is 81.5 Å². The smallest absolute Gasteiger partial charge is 0.358 e. The van der Waals surface area contributed by atoms with E-state index in [0.29, 0.717) is 5.82 Å². The maximum Gasteiger partial charge on any atom is 0.358 e. The van der Waals surface area contributed by atoms with Crippen LogP contribution in [0.15, 0.2) is 60.7 Å². The number of aryl methyl sites for hydroxylation is 1. The van der Waals surface area contributed by atoms with Crippen molar-refractivity contribution < 1.29 is 19.4 Å². The Morgan fingerprint density at radius 2 is 1.42 bits per heavy atom. The number of hydrogen-bond donors (Lipinski definition) is 1. The second-order valence-corrected chi connectivity index (χ2v) is 5.61. The fourth-order valence-electron chi connectivity index (χ4n) is 2.37. The number of aromatic carboxylic acids is 1. The molecule has 26 heavy (non-hydrogen) atoms. The fourth-order valence-corrected chi connectivity index (χ4v) is 2.37. The van der Waals surface area contributed by atoms with Gasteiger partial charge in [-0.15, -0.1) is 0 Å². The Balaban J connectivity index is 1.87. The lowest BCUT2D eigenvalue weighted by atomic mass is 10.2. The summed E-state index contributed by atoms with van der Waals surface area (Å²) in [7, 11) is 0. The molecule has 0 aliphatic rings. The van der Waals surface area contributed by atoms with Crippen molar-refractivity contribution in [2.75, 3.05) is 0 Å². The molecule has 1 aromatic heterocycles. The molecule has 0 saturated carbocycles. The lowest BCUT2D eigenvalue weighted by Crippen LogP contribution is -2.11. The summed E-state index contributed by atoms with van der Waals surface area (Å²) in [6.07, 6.45) is 0. The van der Waals surface area contributed by atoms with Gasteiger partial charge in [0.25, 0.3) is 5.88 Å². The Kier molecular flexibility index (Phi) is 5.43. The van der Waals surface area contributed by atoms with E-state index in [4.69, 9.17) is 9.47 Å². The van der Waals surface area contributed by atoms with Crippen molar-refractivity contribution in [3.63, 3.8) is 0 Å². The Morgan fingerprint density at radius 1 is 0.885 bits per heavy atom. The third-order valence-corrected chi connectivity index (χ3v) is 3.59. The average molecular weight is 350 g/mol. The lowest BCUT2D eigenvalue weighted by molar-refractivity contribution is 0.0682. The first-order chi connectivity index (χ1) is 12.6. The van der Waals surface area contributed by atoms with Crippen molar-refractivity contribution in [2.45, 2.75) is 20.1 Å². The standard InChI is InChI=1S/C20H18N2O4/c1-14-21-17(20(23)24)18(25-12-15-8-4-2-5-9-15)19(22-14)26-13-16-10-6-3-7-11-16/h2-11H,12-13H2,1H3,(H,23,24). The third kappa shape index (κ3) is 4.36.